The van der Waals surface area contributed by atoms with Crippen molar-refractivity contribution in [3.63, 3.8) is 0 Å². The van der Waals surface area contributed by atoms with Crippen molar-refractivity contribution in [1.29, 1.82) is 0 Å². The van der Waals surface area contributed by atoms with Crippen LogP contribution in [0.2, 0.25) is 0 Å². The van der Waals surface area contributed by atoms with E-state index >= 15 is 0 Å². The van der Waals surface area contributed by atoms with E-state index in [0.29, 0.717) is 18.6 Å². The van der Waals surface area contributed by atoms with Gasteiger partial charge in [0.25, 0.3) is 0 Å². The number of hydrogen-bond donors (Lipinski definition) is 2. The minimum Gasteiger partial charge on any atom is -0.357 e. The lowest BCUT2D eigenvalue weighted by Crippen LogP contribution is -2.41. The van der Waals surface area contributed by atoms with Crippen molar-refractivity contribution in [3.05, 3.63) is 54.1 Å². The molecule has 1 aromatic heterocycles. The summed E-state index contributed by atoms with van der Waals surface area (Å²) < 4.78 is 2.16. The number of aliphatic imine (C=N–C) groups is 1. The molecule has 0 amide bonds. The van der Waals surface area contributed by atoms with Crippen molar-refractivity contribution >= 4 is 29.9 Å². The van der Waals surface area contributed by atoms with Gasteiger partial charge < -0.3 is 15.2 Å². The topological polar surface area (TPSA) is 57.5 Å². The van der Waals surface area contributed by atoms with Gasteiger partial charge in [-0.3, -0.25) is 4.90 Å². The maximum absolute atomic E-state index is 4.74. The molecule has 0 bridgehead atoms. The molecule has 7 heteroatoms. The Morgan fingerprint density at radius 2 is 1.80 bits per heavy atom. The molecule has 2 N–H and O–H groups in total. The van der Waals surface area contributed by atoms with Crippen molar-refractivity contribution in [2.45, 2.75) is 66.2 Å². The molecule has 2 aromatic rings. The number of imidazole rings is 1. The van der Waals surface area contributed by atoms with Gasteiger partial charge >= 0.3 is 0 Å². The Morgan fingerprint density at radius 3 is 2.43 bits per heavy atom. The zero-order valence-corrected chi connectivity index (χ0v) is 21.5. The number of benzene rings is 1. The minimum atomic E-state index is 0. The summed E-state index contributed by atoms with van der Waals surface area (Å²) in [5, 5.41) is 6.80. The van der Waals surface area contributed by atoms with Gasteiger partial charge in [0.15, 0.2) is 5.96 Å². The molecule has 1 aromatic carbocycles. The number of nitrogens with one attached hydrogen (secondary N) is 2. The Morgan fingerprint density at radius 1 is 1.10 bits per heavy atom. The van der Waals surface area contributed by atoms with Crippen LogP contribution in [0.1, 0.15) is 52.4 Å². The van der Waals surface area contributed by atoms with Gasteiger partial charge in [0.1, 0.15) is 12.4 Å². The molecule has 1 heterocycles. The highest BCUT2D eigenvalue weighted by molar-refractivity contribution is 14.0. The van der Waals surface area contributed by atoms with Crippen LogP contribution in [0.15, 0.2) is 47.7 Å². The molecule has 2 rings (SSSR count). The van der Waals surface area contributed by atoms with Crippen molar-refractivity contribution in [1.82, 2.24) is 25.1 Å². The molecule has 0 aliphatic carbocycles. The van der Waals surface area contributed by atoms with E-state index in [1.807, 2.05) is 18.5 Å². The van der Waals surface area contributed by atoms with E-state index in [-0.39, 0.29) is 24.0 Å². The molecule has 0 spiro atoms. The van der Waals surface area contributed by atoms with Gasteiger partial charge in [-0.1, -0.05) is 30.3 Å². The van der Waals surface area contributed by atoms with Gasteiger partial charge in [-0.25, -0.2) is 9.98 Å². The van der Waals surface area contributed by atoms with E-state index < -0.39 is 0 Å². The average molecular weight is 527 g/mol. The fourth-order valence-corrected chi connectivity index (χ4v) is 3.49. The maximum Gasteiger partial charge on any atom is 0.191 e. The van der Waals surface area contributed by atoms with Gasteiger partial charge in [0.2, 0.25) is 0 Å². The summed E-state index contributed by atoms with van der Waals surface area (Å²) in [6.07, 6.45) is 4.95. The second kappa shape index (κ2) is 14.4. The lowest BCUT2D eigenvalue weighted by molar-refractivity contribution is 0.173. The summed E-state index contributed by atoms with van der Waals surface area (Å²) in [6.45, 7) is 15.3. The molecule has 0 fully saturated rings. The molecule has 30 heavy (non-hydrogen) atoms. The number of aromatic nitrogens is 2. The Balaban J connectivity index is 0.00000450. The number of rotatable bonds is 11. The first-order valence-corrected chi connectivity index (χ1v) is 10.8. The summed E-state index contributed by atoms with van der Waals surface area (Å²) in [7, 11) is 0. The molecule has 0 atom stereocenters. The Hall–Kier alpha value is -1.61. The third-order valence-corrected chi connectivity index (χ3v) is 4.93. The Kier molecular flexibility index (Phi) is 12.7. The lowest BCUT2D eigenvalue weighted by atomic mass is 10.2. The summed E-state index contributed by atoms with van der Waals surface area (Å²) in [6, 6.07) is 11.6. The fraction of sp³-hybridized carbons (Fsp3) is 0.565. The number of halogens is 1. The van der Waals surface area contributed by atoms with Crippen LogP contribution in [0.5, 0.6) is 0 Å². The van der Waals surface area contributed by atoms with Crippen molar-refractivity contribution in [3.8, 4) is 0 Å². The average Bonchev–Trinajstić information content (AvgIpc) is 3.13. The summed E-state index contributed by atoms with van der Waals surface area (Å²) in [5.74, 6) is 1.82. The fourth-order valence-electron chi connectivity index (χ4n) is 3.49. The molecule has 168 valence electrons. The van der Waals surface area contributed by atoms with Gasteiger partial charge in [0.05, 0.1) is 0 Å². The normalized spacial score (nSPS) is 11.8. The van der Waals surface area contributed by atoms with Crippen LogP contribution >= 0.6 is 24.0 Å². The summed E-state index contributed by atoms with van der Waals surface area (Å²) in [4.78, 5) is 11.8. The van der Waals surface area contributed by atoms with Gasteiger partial charge in [-0.05, 0) is 46.6 Å². The summed E-state index contributed by atoms with van der Waals surface area (Å²) >= 11 is 0. The van der Waals surface area contributed by atoms with Crippen LogP contribution in [0.3, 0.4) is 0 Å². The molecule has 0 aliphatic rings. The molecule has 6 nitrogen and oxygen atoms in total. The van der Waals surface area contributed by atoms with Crippen LogP contribution < -0.4 is 10.6 Å². The molecule has 0 aliphatic heterocycles. The van der Waals surface area contributed by atoms with E-state index in [2.05, 4.69) is 84.0 Å². The van der Waals surface area contributed by atoms with Crippen molar-refractivity contribution in [2.24, 2.45) is 4.99 Å². The second-order valence-electron chi connectivity index (χ2n) is 7.86. The second-order valence-corrected chi connectivity index (χ2v) is 7.86. The first-order chi connectivity index (χ1) is 14.0. The van der Waals surface area contributed by atoms with E-state index in [9.17, 15) is 0 Å². The highest BCUT2D eigenvalue weighted by atomic mass is 127. The first kappa shape index (κ1) is 26.4. The van der Waals surface area contributed by atoms with Crippen LogP contribution in [0, 0.1) is 0 Å². The van der Waals surface area contributed by atoms with Gasteiger partial charge in [-0.2, -0.15) is 0 Å². The number of guanidine groups is 1. The van der Waals surface area contributed by atoms with E-state index in [1.54, 1.807) is 0 Å². The van der Waals surface area contributed by atoms with E-state index in [0.717, 1.165) is 44.4 Å². The van der Waals surface area contributed by atoms with Crippen LogP contribution in [0.4, 0.5) is 0 Å². The zero-order chi connectivity index (χ0) is 21.1. The maximum atomic E-state index is 4.74. The number of nitrogens with zero attached hydrogens (tertiary/aromatic N) is 4. The molecule has 0 saturated heterocycles. The van der Waals surface area contributed by atoms with Gasteiger partial charge in [-0.15, -0.1) is 24.0 Å². The van der Waals surface area contributed by atoms with Crippen LogP contribution in [-0.4, -0.2) is 52.1 Å². The SMILES string of the molecule is CCNC(=NCc1nccn1Cc1ccccc1)NCCCN(C(C)C)C(C)C.I. The minimum absolute atomic E-state index is 0. The Labute approximate surface area is 199 Å². The molecular weight excluding hydrogens is 487 g/mol. The van der Waals surface area contributed by atoms with Crippen LogP contribution in [0.25, 0.3) is 0 Å². The van der Waals surface area contributed by atoms with Crippen molar-refractivity contribution in [2.75, 3.05) is 19.6 Å². The predicted octanol–water partition coefficient (Wildman–Crippen LogP) is 4.11. The quantitative estimate of drug-likeness (QED) is 0.200. The molecule has 0 radical (unpaired) electrons. The smallest absolute Gasteiger partial charge is 0.191 e. The molecular formula is C23H39IN6. The van der Waals surface area contributed by atoms with Gasteiger partial charge in [0, 0.05) is 50.7 Å². The largest absolute Gasteiger partial charge is 0.357 e. The highest BCUT2D eigenvalue weighted by Crippen LogP contribution is 2.07. The Bertz CT molecular complexity index is 718. The molecule has 0 saturated carbocycles. The monoisotopic (exact) mass is 526 g/mol. The van der Waals surface area contributed by atoms with E-state index in [4.69, 9.17) is 4.99 Å². The molecule has 0 unspecified atom stereocenters. The third-order valence-electron chi connectivity index (χ3n) is 4.93. The lowest BCUT2D eigenvalue weighted by Gasteiger charge is -2.30. The highest BCUT2D eigenvalue weighted by Gasteiger charge is 2.12. The number of hydrogen-bond acceptors (Lipinski definition) is 3. The van der Waals surface area contributed by atoms with E-state index in [1.165, 1.54) is 5.56 Å². The summed E-state index contributed by atoms with van der Waals surface area (Å²) in [5.41, 5.74) is 1.26. The van der Waals surface area contributed by atoms with Crippen molar-refractivity contribution < 1.29 is 0 Å². The first-order valence-electron chi connectivity index (χ1n) is 10.8. The van der Waals surface area contributed by atoms with Crippen LogP contribution in [-0.2, 0) is 13.1 Å². The zero-order valence-electron chi connectivity index (χ0n) is 19.1. The standard InChI is InChI=1S/C23H38N6.HI/c1-6-24-23(26-13-10-15-29(19(2)3)20(4)5)27-17-22-25-14-16-28(22)18-21-11-8-7-9-12-21;/h7-9,11-12,14,16,19-20H,6,10,13,15,17-18H2,1-5H3,(H2,24,26,27);1H. The predicted molar refractivity (Wildman–Crippen MR) is 138 cm³/mol. The third kappa shape index (κ3) is 9.04.